The average Bonchev–Trinajstić information content (AvgIpc) is 2.29. The standard InChI is InChI=1S/C13H20BrNO2.ClH/c1-8(2)4-5-11(15)9-6-10(14)13(16)12(7-9)17-3;/h6-8,11,16H,4-5,15H2,1-3H3;1H/t11-;/m0./s1. The van der Waals surface area contributed by atoms with E-state index in [0.717, 1.165) is 18.4 Å². The zero-order valence-corrected chi connectivity index (χ0v) is 13.3. The number of benzene rings is 1. The fraction of sp³-hybridized carbons (Fsp3) is 0.538. The van der Waals surface area contributed by atoms with E-state index in [1.807, 2.05) is 6.07 Å². The maximum atomic E-state index is 9.71. The Labute approximate surface area is 123 Å². The van der Waals surface area contributed by atoms with Crippen molar-refractivity contribution < 1.29 is 9.84 Å². The van der Waals surface area contributed by atoms with Gasteiger partial charge in [0.15, 0.2) is 11.5 Å². The highest BCUT2D eigenvalue weighted by Crippen LogP contribution is 2.37. The summed E-state index contributed by atoms with van der Waals surface area (Å²) in [6.45, 7) is 4.36. The molecule has 0 radical (unpaired) electrons. The molecule has 104 valence electrons. The number of nitrogens with two attached hydrogens (primary N) is 1. The molecule has 0 heterocycles. The van der Waals surface area contributed by atoms with Crippen LogP contribution in [0.4, 0.5) is 0 Å². The van der Waals surface area contributed by atoms with Crippen molar-refractivity contribution in [3.8, 4) is 11.5 Å². The number of hydrogen-bond donors (Lipinski definition) is 2. The summed E-state index contributed by atoms with van der Waals surface area (Å²) in [4.78, 5) is 0. The maximum absolute atomic E-state index is 9.71. The van der Waals surface area contributed by atoms with E-state index in [9.17, 15) is 5.11 Å². The Hall–Kier alpha value is -0.450. The van der Waals surface area contributed by atoms with Crippen LogP contribution in [0, 0.1) is 5.92 Å². The van der Waals surface area contributed by atoms with Gasteiger partial charge in [-0.2, -0.15) is 0 Å². The predicted molar refractivity (Wildman–Crippen MR) is 80.6 cm³/mol. The highest BCUT2D eigenvalue weighted by Gasteiger charge is 2.13. The third-order valence-corrected chi connectivity index (χ3v) is 3.36. The molecule has 3 nitrogen and oxygen atoms in total. The molecule has 1 aromatic carbocycles. The number of halogens is 2. The van der Waals surface area contributed by atoms with Crippen molar-refractivity contribution in [2.75, 3.05) is 7.11 Å². The normalized spacial score (nSPS) is 12.1. The predicted octanol–water partition coefficient (Wildman–Crippen LogP) is 4.02. The lowest BCUT2D eigenvalue weighted by molar-refractivity contribution is 0.370. The molecule has 0 saturated carbocycles. The van der Waals surface area contributed by atoms with Gasteiger partial charge in [-0.3, -0.25) is 0 Å². The summed E-state index contributed by atoms with van der Waals surface area (Å²) in [5, 5.41) is 9.71. The van der Waals surface area contributed by atoms with Crippen LogP contribution in [0.2, 0.25) is 0 Å². The summed E-state index contributed by atoms with van der Waals surface area (Å²) in [5.74, 6) is 1.21. The van der Waals surface area contributed by atoms with Crippen LogP contribution in [0.25, 0.3) is 0 Å². The minimum Gasteiger partial charge on any atom is -0.503 e. The van der Waals surface area contributed by atoms with Crippen LogP contribution in [-0.4, -0.2) is 12.2 Å². The molecule has 1 rings (SSSR count). The molecule has 18 heavy (non-hydrogen) atoms. The van der Waals surface area contributed by atoms with E-state index < -0.39 is 0 Å². The molecule has 1 atom stereocenters. The van der Waals surface area contributed by atoms with Crippen molar-refractivity contribution in [1.29, 1.82) is 0 Å². The van der Waals surface area contributed by atoms with E-state index in [4.69, 9.17) is 10.5 Å². The second-order valence-corrected chi connectivity index (χ2v) is 5.49. The molecule has 0 aromatic heterocycles. The van der Waals surface area contributed by atoms with Crippen LogP contribution in [0.3, 0.4) is 0 Å². The van der Waals surface area contributed by atoms with E-state index in [0.29, 0.717) is 16.1 Å². The van der Waals surface area contributed by atoms with E-state index in [2.05, 4.69) is 29.8 Å². The lowest BCUT2D eigenvalue weighted by atomic mass is 9.98. The fourth-order valence-corrected chi connectivity index (χ4v) is 2.10. The van der Waals surface area contributed by atoms with Crippen molar-refractivity contribution in [3.63, 3.8) is 0 Å². The summed E-state index contributed by atoms with van der Waals surface area (Å²) in [5.41, 5.74) is 7.11. The molecule has 0 amide bonds. The van der Waals surface area contributed by atoms with Crippen LogP contribution in [0.1, 0.15) is 38.3 Å². The SMILES string of the molecule is COc1cc([C@@H](N)CCC(C)C)cc(Br)c1O.Cl. The Kier molecular flexibility index (Phi) is 7.67. The smallest absolute Gasteiger partial charge is 0.172 e. The lowest BCUT2D eigenvalue weighted by Crippen LogP contribution is -2.11. The van der Waals surface area contributed by atoms with E-state index in [1.165, 1.54) is 7.11 Å². The first-order valence-electron chi connectivity index (χ1n) is 5.77. The molecule has 0 bridgehead atoms. The van der Waals surface area contributed by atoms with Crippen LogP contribution < -0.4 is 10.5 Å². The number of methoxy groups -OCH3 is 1. The molecule has 3 N–H and O–H groups in total. The summed E-state index contributed by atoms with van der Waals surface area (Å²) >= 11 is 3.30. The van der Waals surface area contributed by atoms with Crippen LogP contribution in [-0.2, 0) is 0 Å². The van der Waals surface area contributed by atoms with Crippen molar-refractivity contribution in [1.82, 2.24) is 0 Å². The molecule has 0 unspecified atom stereocenters. The van der Waals surface area contributed by atoms with Crippen molar-refractivity contribution >= 4 is 28.3 Å². The van der Waals surface area contributed by atoms with Crippen LogP contribution >= 0.6 is 28.3 Å². The highest BCUT2D eigenvalue weighted by molar-refractivity contribution is 9.10. The van der Waals surface area contributed by atoms with E-state index >= 15 is 0 Å². The van der Waals surface area contributed by atoms with E-state index in [1.54, 1.807) is 6.07 Å². The molecule has 5 heteroatoms. The van der Waals surface area contributed by atoms with Gasteiger partial charge in [0.1, 0.15) is 0 Å². The van der Waals surface area contributed by atoms with Gasteiger partial charge in [-0.1, -0.05) is 13.8 Å². The van der Waals surface area contributed by atoms with Gasteiger partial charge in [0, 0.05) is 6.04 Å². The van der Waals surface area contributed by atoms with Gasteiger partial charge >= 0.3 is 0 Å². The van der Waals surface area contributed by atoms with Crippen molar-refractivity contribution in [3.05, 3.63) is 22.2 Å². The maximum Gasteiger partial charge on any atom is 0.172 e. The highest BCUT2D eigenvalue weighted by atomic mass is 79.9. The number of phenolic OH excluding ortho intramolecular Hbond substituents is 1. The van der Waals surface area contributed by atoms with Crippen molar-refractivity contribution in [2.45, 2.75) is 32.7 Å². The average molecular weight is 339 g/mol. The minimum absolute atomic E-state index is 0. The Balaban J connectivity index is 0.00000289. The molecule has 0 aliphatic heterocycles. The monoisotopic (exact) mass is 337 g/mol. The molecule has 1 aromatic rings. The number of phenols is 1. The second-order valence-electron chi connectivity index (χ2n) is 4.63. The third kappa shape index (κ3) is 4.67. The summed E-state index contributed by atoms with van der Waals surface area (Å²) < 4.78 is 5.72. The molecular weight excluding hydrogens is 318 g/mol. The summed E-state index contributed by atoms with van der Waals surface area (Å²) in [6.07, 6.45) is 2.01. The third-order valence-electron chi connectivity index (χ3n) is 2.75. The molecule has 0 aliphatic carbocycles. The Morgan fingerprint density at radius 3 is 2.44 bits per heavy atom. The summed E-state index contributed by atoms with van der Waals surface area (Å²) in [6, 6.07) is 3.62. The van der Waals surface area contributed by atoms with Crippen LogP contribution in [0.5, 0.6) is 11.5 Å². The first-order valence-corrected chi connectivity index (χ1v) is 6.57. The lowest BCUT2D eigenvalue weighted by Gasteiger charge is -2.16. The topological polar surface area (TPSA) is 55.5 Å². The van der Waals surface area contributed by atoms with Gasteiger partial charge in [-0.15, -0.1) is 12.4 Å². The van der Waals surface area contributed by atoms with Gasteiger partial charge in [0.25, 0.3) is 0 Å². The van der Waals surface area contributed by atoms with Gasteiger partial charge in [0.05, 0.1) is 11.6 Å². The zero-order chi connectivity index (χ0) is 13.0. The van der Waals surface area contributed by atoms with Gasteiger partial charge in [-0.25, -0.2) is 0 Å². The summed E-state index contributed by atoms with van der Waals surface area (Å²) in [7, 11) is 1.53. The van der Waals surface area contributed by atoms with Crippen LogP contribution in [0.15, 0.2) is 16.6 Å². The van der Waals surface area contributed by atoms with Crippen molar-refractivity contribution in [2.24, 2.45) is 11.7 Å². The molecule has 0 saturated heterocycles. The number of ether oxygens (including phenoxy) is 1. The van der Waals surface area contributed by atoms with Gasteiger partial charge in [-0.05, 0) is 52.4 Å². The number of rotatable bonds is 5. The Morgan fingerprint density at radius 1 is 1.33 bits per heavy atom. The first-order chi connectivity index (χ1) is 7.95. The van der Waals surface area contributed by atoms with E-state index in [-0.39, 0.29) is 24.2 Å². The number of hydrogen-bond acceptors (Lipinski definition) is 3. The number of aromatic hydroxyl groups is 1. The quantitative estimate of drug-likeness (QED) is 0.852. The molecule has 0 spiro atoms. The second kappa shape index (κ2) is 7.87. The zero-order valence-electron chi connectivity index (χ0n) is 10.9. The van der Waals surface area contributed by atoms with Gasteiger partial charge < -0.3 is 15.6 Å². The molecule has 0 fully saturated rings. The molecular formula is C13H21BrClNO2. The fourth-order valence-electron chi connectivity index (χ4n) is 1.64. The largest absolute Gasteiger partial charge is 0.503 e. The Morgan fingerprint density at radius 2 is 1.94 bits per heavy atom. The molecule has 0 aliphatic rings. The Bertz CT molecular complexity index is 385. The minimum atomic E-state index is -0.0248. The van der Waals surface area contributed by atoms with Gasteiger partial charge in [0.2, 0.25) is 0 Å². The first kappa shape index (κ1) is 17.6.